The third kappa shape index (κ3) is 14.5. The number of rotatable bonds is 12. The van der Waals surface area contributed by atoms with E-state index in [1.165, 1.54) is 42.5 Å². The van der Waals surface area contributed by atoms with Gasteiger partial charge < -0.3 is 21.1 Å². The van der Waals surface area contributed by atoms with Crippen LogP contribution in [0.4, 0.5) is 47.3 Å². The zero-order valence-corrected chi connectivity index (χ0v) is 35.7. The van der Waals surface area contributed by atoms with Crippen LogP contribution < -0.4 is 16.0 Å². The van der Waals surface area contributed by atoms with Gasteiger partial charge in [0, 0.05) is 53.2 Å². The van der Waals surface area contributed by atoms with Crippen LogP contribution >= 0.6 is 0 Å². The topological polar surface area (TPSA) is 99.2 Å². The molecule has 0 amide bonds. The third-order valence-electron chi connectivity index (χ3n) is 9.71. The van der Waals surface area contributed by atoms with Crippen LogP contribution in [0.3, 0.4) is 0 Å². The zero-order valence-electron chi connectivity index (χ0n) is 35.7. The van der Waals surface area contributed by atoms with Crippen LogP contribution in [-0.2, 0) is 0 Å². The van der Waals surface area contributed by atoms with E-state index in [1.807, 2.05) is 86.8 Å². The average molecular weight is 866 g/mol. The number of hydrogen-bond acceptors (Lipinski definition) is 6. The maximum Gasteiger partial charge on any atom is 0.337 e. The van der Waals surface area contributed by atoms with E-state index in [9.17, 15) is 23.1 Å². The van der Waals surface area contributed by atoms with Gasteiger partial charge in [0.25, 0.3) is 0 Å². The Kier molecular flexibility index (Phi) is 16.3. The molecule has 0 fully saturated rings. The molecule has 0 aliphatic rings. The predicted molar refractivity (Wildman–Crippen MR) is 261 cm³/mol. The molecule has 0 spiro atoms. The van der Waals surface area contributed by atoms with Crippen LogP contribution in [0.15, 0.2) is 183 Å². The van der Waals surface area contributed by atoms with E-state index in [0.717, 1.165) is 61.7 Å². The predicted octanol–water partition coefficient (Wildman–Crippen LogP) is 14.8. The molecule has 2 aromatic heterocycles. The molecule has 0 atom stereocenters. The largest absolute Gasteiger partial charge is 0.478 e. The van der Waals surface area contributed by atoms with Crippen LogP contribution in [0, 0.1) is 31.3 Å². The molecule has 8 aromatic rings. The van der Waals surface area contributed by atoms with E-state index in [-0.39, 0.29) is 23.0 Å². The van der Waals surface area contributed by atoms with Crippen molar-refractivity contribution in [2.24, 2.45) is 0 Å². The molecule has 10 heteroatoms. The molecular formula is C55H46F3N5O2. The van der Waals surface area contributed by atoms with Gasteiger partial charge in [-0.1, -0.05) is 79.4 Å². The molecule has 0 saturated heterocycles. The number of halogens is 3. The van der Waals surface area contributed by atoms with Crippen molar-refractivity contribution in [2.45, 2.75) is 13.8 Å². The molecule has 4 N–H and O–H groups in total. The SMILES string of the molecule is C=Cc1ccc(C)c(Nc2ccc(F)cc2)c1.Cc1ccc(/C=C/c2cccnc2)cc1Nc1ccc(F)cc1.O=C(O)c1ccc(/C=C/c2cccnc2)cc1Nc1ccc(F)cc1. The fourth-order valence-corrected chi connectivity index (χ4v) is 6.13. The monoisotopic (exact) mass is 865 g/mol. The smallest absolute Gasteiger partial charge is 0.337 e. The first-order valence-corrected chi connectivity index (χ1v) is 20.5. The second kappa shape index (κ2) is 23.1. The molecule has 7 nitrogen and oxygen atoms in total. The fraction of sp³-hybridized carbons (Fsp3) is 0.0364. The lowest BCUT2D eigenvalue weighted by molar-refractivity contribution is 0.0698. The second-order valence-electron chi connectivity index (χ2n) is 14.6. The van der Waals surface area contributed by atoms with Crippen molar-refractivity contribution in [3.63, 3.8) is 0 Å². The molecule has 0 aliphatic carbocycles. The van der Waals surface area contributed by atoms with Gasteiger partial charge in [0.2, 0.25) is 0 Å². The molecule has 0 unspecified atom stereocenters. The van der Waals surface area contributed by atoms with Crippen molar-refractivity contribution < 1.29 is 23.1 Å². The maximum atomic E-state index is 13.0. The van der Waals surface area contributed by atoms with Crippen molar-refractivity contribution in [3.8, 4) is 0 Å². The first kappa shape index (κ1) is 46.0. The van der Waals surface area contributed by atoms with Gasteiger partial charge in [0.15, 0.2) is 0 Å². The summed E-state index contributed by atoms with van der Waals surface area (Å²) in [7, 11) is 0. The minimum Gasteiger partial charge on any atom is -0.478 e. The summed E-state index contributed by atoms with van der Waals surface area (Å²) in [5.74, 6) is -1.85. The van der Waals surface area contributed by atoms with Gasteiger partial charge in [-0.15, -0.1) is 0 Å². The van der Waals surface area contributed by atoms with Crippen molar-refractivity contribution in [1.29, 1.82) is 0 Å². The highest BCUT2D eigenvalue weighted by molar-refractivity contribution is 5.96. The minimum atomic E-state index is -1.03. The number of carboxylic acid groups (broad SMARTS) is 1. The highest BCUT2D eigenvalue weighted by Crippen LogP contribution is 2.26. The zero-order chi connectivity index (χ0) is 46.0. The molecule has 0 aliphatic heterocycles. The normalized spacial score (nSPS) is 10.6. The number of carbonyl (C=O) groups is 1. The number of benzene rings is 6. The Morgan fingerprint density at radius 3 is 1.26 bits per heavy atom. The summed E-state index contributed by atoms with van der Waals surface area (Å²) in [6, 6.07) is 43.4. The summed E-state index contributed by atoms with van der Waals surface area (Å²) in [6.07, 6.45) is 16.7. The van der Waals surface area contributed by atoms with Gasteiger partial charge in [0.1, 0.15) is 17.5 Å². The number of aryl methyl sites for hydroxylation is 2. The molecular weight excluding hydrogens is 820 g/mol. The maximum absolute atomic E-state index is 13.0. The number of carboxylic acids is 1. The Bertz CT molecular complexity index is 2870. The van der Waals surface area contributed by atoms with Crippen molar-refractivity contribution >= 4 is 70.5 Å². The standard InChI is InChI=1S/C20H15FN2O2.C20H17FN2.C15H14FN/c21-16-6-8-17(9-7-16)23-19-12-14(5-10-18(19)20(24)25)3-4-15-2-1-11-22-13-15;1-15-4-5-16(6-7-17-3-2-12-22-14-17)13-20(15)23-19-10-8-18(21)9-11-19;1-3-12-5-4-11(2)15(10-12)17-14-8-6-13(16)7-9-14/h1-13,23H,(H,24,25);2-14,23H,1H3;3-10,17H,1H2,2H3/b4-3+;7-6+;. The van der Waals surface area contributed by atoms with Gasteiger partial charge in [-0.25, -0.2) is 18.0 Å². The van der Waals surface area contributed by atoms with Crippen LogP contribution in [0.25, 0.3) is 30.4 Å². The number of aromatic carboxylic acids is 1. The molecule has 2 heterocycles. The first-order valence-electron chi connectivity index (χ1n) is 20.5. The molecule has 65 heavy (non-hydrogen) atoms. The van der Waals surface area contributed by atoms with Crippen molar-refractivity contribution in [1.82, 2.24) is 9.97 Å². The van der Waals surface area contributed by atoms with Gasteiger partial charge in [-0.05, 0) is 162 Å². The second-order valence-corrected chi connectivity index (χ2v) is 14.6. The van der Waals surface area contributed by atoms with Crippen molar-refractivity contribution in [3.05, 3.63) is 245 Å². The average Bonchev–Trinajstić information content (AvgIpc) is 3.32. The van der Waals surface area contributed by atoms with Gasteiger partial charge >= 0.3 is 5.97 Å². The lowest BCUT2D eigenvalue weighted by Crippen LogP contribution is -2.03. The number of aromatic nitrogens is 2. The van der Waals surface area contributed by atoms with Crippen molar-refractivity contribution in [2.75, 3.05) is 16.0 Å². The fourth-order valence-electron chi connectivity index (χ4n) is 6.13. The number of pyridine rings is 2. The van der Waals surface area contributed by atoms with Gasteiger partial charge in [-0.3, -0.25) is 9.97 Å². The number of hydrogen-bond donors (Lipinski definition) is 4. The lowest BCUT2D eigenvalue weighted by Gasteiger charge is -2.11. The Morgan fingerprint density at radius 2 is 0.862 bits per heavy atom. The van der Waals surface area contributed by atoms with E-state index in [2.05, 4.69) is 50.7 Å². The van der Waals surface area contributed by atoms with E-state index in [4.69, 9.17) is 0 Å². The Balaban J connectivity index is 0.000000165. The Morgan fingerprint density at radius 1 is 0.492 bits per heavy atom. The first-order chi connectivity index (χ1) is 31.5. The number of nitrogens with zero attached hydrogens (tertiary/aromatic N) is 2. The summed E-state index contributed by atoms with van der Waals surface area (Å²) in [5, 5.41) is 19.0. The molecule has 0 bridgehead atoms. The lowest BCUT2D eigenvalue weighted by atomic mass is 10.1. The van der Waals surface area contributed by atoms with Gasteiger partial charge in [0.05, 0.1) is 11.3 Å². The highest BCUT2D eigenvalue weighted by atomic mass is 19.1. The Labute approximate surface area is 377 Å². The van der Waals surface area contributed by atoms with E-state index in [0.29, 0.717) is 11.4 Å². The third-order valence-corrected chi connectivity index (χ3v) is 9.71. The molecule has 8 rings (SSSR count). The molecule has 0 saturated carbocycles. The van der Waals surface area contributed by atoms with E-state index < -0.39 is 5.97 Å². The van der Waals surface area contributed by atoms with Gasteiger partial charge in [-0.2, -0.15) is 0 Å². The number of nitrogens with one attached hydrogen (secondary N) is 3. The molecule has 0 radical (unpaired) electrons. The van der Waals surface area contributed by atoms with Crippen LogP contribution in [0.2, 0.25) is 0 Å². The van der Waals surface area contributed by atoms with E-state index >= 15 is 0 Å². The molecule has 324 valence electrons. The summed E-state index contributed by atoms with van der Waals surface area (Å²) in [5.41, 5.74) is 12.2. The summed E-state index contributed by atoms with van der Waals surface area (Å²) in [6.45, 7) is 7.81. The number of anilines is 6. The Hall–Kier alpha value is -8.50. The summed E-state index contributed by atoms with van der Waals surface area (Å²) >= 11 is 0. The van der Waals surface area contributed by atoms with E-state index in [1.54, 1.807) is 73.2 Å². The summed E-state index contributed by atoms with van der Waals surface area (Å²) < 4.78 is 38.8. The minimum absolute atomic E-state index is 0.142. The van der Waals surface area contributed by atoms with Crippen LogP contribution in [0.5, 0.6) is 0 Å². The quantitative estimate of drug-likeness (QED) is 0.0971. The molecule has 6 aromatic carbocycles. The van der Waals surface area contributed by atoms with Crippen LogP contribution in [-0.4, -0.2) is 21.0 Å². The highest BCUT2D eigenvalue weighted by Gasteiger charge is 2.11. The summed E-state index contributed by atoms with van der Waals surface area (Å²) in [4.78, 5) is 19.6. The van der Waals surface area contributed by atoms with Crippen LogP contribution in [0.1, 0.15) is 49.3 Å².